The molecule has 2 aliphatic heterocycles. The van der Waals surface area contributed by atoms with Crippen LogP contribution in [0.15, 0.2) is 0 Å². The van der Waals surface area contributed by atoms with Crippen LogP contribution in [0.5, 0.6) is 0 Å². The van der Waals surface area contributed by atoms with Gasteiger partial charge in [0.15, 0.2) is 12.2 Å². The monoisotopic (exact) mass is 438 g/mol. The second-order valence-corrected chi connectivity index (χ2v) is 7.56. The molecule has 0 aromatic heterocycles. The molecule has 0 radical (unpaired) electrons. The number of hydrogen-bond donors (Lipinski definition) is 6. The van der Waals surface area contributed by atoms with Gasteiger partial charge in [-0.2, -0.15) is 0 Å². The standard InChI is InChI=1S/C18H30O12/c1-3-7-11(19)14(22)10(30-15(7)17(23)24)6-28-4-8-12(20)13(21)9(5-27-2)29-16(8)18(25)26/h7-16,19-22H,3-6H2,1-2H3,(H,23,24)(H,25,26)/t7-,8-,9-,10-,11+,12?,13?,14?,15?,16-/m0/s1. The number of methoxy groups -OCH3 is 1. The van der Waals surface area contributed by atoms with Crippen molar-refractivity contribution in [2.24, 2.45) is 11.8 Å². The Morgan fingerprint density at radius 1 is 0.767 bits per heavy atom. The van der Waals surface area contributed by atoms with Gasteiger partial charge >= 0.3 is 11.9 Å². The summed E-state index contributed by atoms with van der Waals surface area (Å²) in [5.74, 6) is -4.59. The highest BCUT2D eigenvalue weighted by Crippen LogP contribution is 2.30. The minimum absolute atomic E-state index is 0.120. The molecule has 2 aliphatic rings. The van der Waals surface area contributed by atoms with Crippen LogP contribution in [0.1, 0.15) is 13.3 Å². The van der Waals surface area contributed by atoms with Crippen molar-refractivity contribution in [2.45, 2.75) is 62.2 Å². The van der Waals surface area contributed by atoms with Crippen LogP contribution < -0.4 is 0 Å². The number of aliphatic hydroxyl groups excluding tert-OH is 4. The molecule has 0 aromatic rings. The predicted octanol–water partition coefficient (Wildman–Crippen LogP) is -2.56. The Morgan fingerprint density at radius 3 is 1.70 bits per heavy atom. The summed E-state index contributed by atoms with van der Waals surface area (Å²) in [6.07, 6.45) is -10.4. The van der Waals surface area contributed by atoms with Crippen molar-refractivity contribution in [3.05, 3.63) is 0 Å². The van der Waals surface area contributed by atoms with E-state index in [-0.39, 0.29) is 26.2 Å². The van der Waals surface area contributed by atoms with E-state index in [0.29, 0.717) is 0 Å². The molecule has 2 fully saturated rings. The fourth-order valence-electron chi connectivity index (χ4n) is 3.93. The Morgan fingerprint density at radius 2 is 1.23 bits per heavy atom. The molecule has 10 atom stereocenters. The van der Waals surface area contributed by atoms with Crippen molar-refractivity contribution in [1.29, 1.82) is 0 Å². The molecule has 30 heavy (non-hydrogen) atoms. The summed E-state index contributed by atoms with van der Waals surface area (Å²) in [6.45, 7) is 0.790. The summed E-state index contributed by atoms with van der Waals surface area (Å²) in [7, 11) is 1.34. The lowest BCUT2D eigenvalue weighted by Crippen LogP contribution is -2.60. The molecule has 174 valence electrons. The molecular formula is C18H30O12. The predicted molar refractivity (Wildman–Crippen MR) is 96.6 cm³/mol. The molecule has 0 aromatic carbocycles. The highest BCUT2D eigenvalue weighted by molar-refractivity contribution is 5.73. The molecule has 2 saturated heterocycles. The number of aliphatic carboxylic acids is 2. The van der Waals surface area contributed by atoms with Gasteiger partial charge in [0.05, 0.1) is 32.0 Å². The van der Waals surface area contributed by atoms with E-state index >= 15 is 0 Å². The number of ether oxygens (including phenoxy) is 4. The van der Waals surface area contributed by atoms with Crippen molar-refractivity contribution in [3.8, 4) is 0 Å². The average molecular weight is 438 g/mol. The van der Waals surface area contributed by atoms with Gasteiger partial charge in [-0.1, -0.05) is 6.92 Å². The maximum Gasteiger partial charge on any atom is 0.333 e. The number of hydrogen-bond acceptors (Lipinski definition) is 10. The third kappa shape index (κ3) is 5.26. The SMILES string of the molecule is CC[C@@H]1C(C(=O)O)O[C@@H](COC[C@H]2C(O)C(O)[C@H](COC)O[C@@H]2C(=O)O)C(O)[C@@H]1O. The van der Waals surface area contributed by atoms with E-state index in [0.717, 1.165) is 0 Å². The maximum absolute atomic E-state index is 11.5. The van der Waals surface area contributed by atoms with Crippen LogP contribution in [-0.4, -0.2) is 118 Å². The molecule has 0 spiro atoms. The number of carboxylic acids is 2. The molecule has 0 aliphatic carbocycles. The van der Waals surface area contributed by atoms with Gasteiger partial charge in [0.25, 0.3) is 0 Å². The lowest BCUT2D eigenvalue weighted by Gasteiger charge is -2.42. The topological polar surface area (TPSA) is 192 Å². The normalized spacial score (nSPS) is 42.1. The van der Waals surface area contributed by atoms with Gasteiger partial charge in [-0.3, -0.25) is 0 Å². The summed E-state index contributed by atoms with van der Waals surface area (Å²) < 4.78 is 21.0. The zero-order chi connectivity index (χ0) is 22.6. The minimum atomic E-state index is -1.49. The van der Waals surface area contributed by atoms with Gasteiger partial charge < -0.3 is 49.6 Å². The first-order valence-electron chi connectivity index (χ1n) is 9.69. The van der Waals surface area contributed by atoms with Crippen molar-refractivity contribution in [1.82, 2.24) is 0 Å². The molecule has 0 bridgehead atoms. The van der Waals surface area contributed by atoms with Crippen LogP contribution in [-0.2, 0) is 28.5 Å². The van der Waals surface area contributed by atoms with Gasteiger partial charge in [0.1, 0.15) is 24.4 Å². The first-order valence-corrected chi connectivity index (χ1v) is 9.69. The van der Waals surface area contributed by atoms with E-state index < -0.39 is 72.6 Å². The zero-order valence-electron chi connectivity index (χ0n) is 16.7. The molecule has 0 amide bonds. The second kappa shape index (κ2) is 10.8. The van der Waals surface area contributed by atoms with E-state index in [1.54, 1.807) is 6.92 Å². The highest BCUT2D eigenvalue weighted by atomic mass is 16.6. The van der Waals surface area contributed by atoms with Crippen molar-refractivity contribution >= 4 is 11.9 Å². The Balaban J connectivity index is 2.01. The summed E-state index contributed by atoms with van der Waals surface area (Å²) in [4.78, 5) is 22.9. The third-order valence-electron chi connectivity index (χ3n) is 5.64. The van der Waals surface area contributed by atoms with E-state index in [9.17, 15) is 40.2 Å². The minimum Gasteiger partial charge on any atom is -0.479 e. The van der Waals surface area contributed by atoms with Crippen molar-refractivity contribution < 1.29 is 59.2 Å². The van der Waals surface area contributed by atoms with Gasteiger partial charge in [-0.25, -0.2) is 9.59 Å². The smallest absolute Gasteiger partial charge is 0.333 e. The second-order valence-electron chi connectivity index (χ2n) is 7.56. The highest BCUT2D eigenvalue weighted by Gasteiger charge is 2.49. The Labute approximate surface area is 172 Å². The number of aliphatic hydroxyl groups is 4. The van der Waals surface area contributed by atoms with E-state index in [1.165, 1.54) is 7.11 Å². The summed E-state index contributed by atoms with van der Waals surface area (Å²) in [6, 6.07) is 0. The van der Waals surface area contributed by atoms with Gasteiger partial charge in [0, 0.05) is 18.9 Å². The zero-order valence-corrected chi connectivity index (χ0v) is 16.7. The Bertz CT molecular complexity index is 586. The number of carboxylic acid groups (broad SMARTS) is 2. The van der Waals surface area contributed by atoms with Crippen LogP contribution in [0.2, 0.25) is 0 Å². The third-order valence-corrected chi connectivity index (χ3v) is 5.64. The number of carbonyl (C=O) groups is 2. The molecule has 6 N–H and O–H groups in total. The Hall–Kier alpha value is -1.38. The average Bonchev–Trinajstić information content (AvgIpc) is 2.69. The summed E-state index contributed by atoms with van der Waals surface area (Å²) in [5.41, 5.74) is 0. The Kier molecular flexibility index (Phi) is 8.94. The van der Waals surface area contributed by atoms with Gasteiger partial charge in [0.2, 0.25) is 0 Å². The molecule has 4 unspecified atom stereocenters. The molecule has 0 saturated carbocycles. The van der Waals surface area contributed by atoms with Crippen LogP contribution in [0.3, 0.4) is 0 Å². The molecule has 12 heteroatoms. The van der Waals surface area contributed by atoms with E-state index in [4.69, 9.17) is 18.9 Å². The van der Waals surface area contributed by atoms with E-state index in [1.807, 2.05) is 0 Å². The summed E-state index contributed by atoms with van der Waals surface area (Å²) >= 11 is 0. The first kappa shape index (κ1) is 24.9. The lowest BCUT2D eigenvalue weighted by atomic mass is 9.85. The molecular weight excluding hydrogens is 408 g/mol. The van der Waals surface area contributed by atoms with Crippen LogP contribution >= 0.6 is 0 Å². The largest absolute Gasteiger partial charge is 0.479 e. The van der Waals surface area contributed by atoms with Crippen LogP contribution in [0, 0.1) is 11.8 Å². The van der Waals surface area contributed by atoms with Crippen molar-refractivity contribution in [3.63, 3.8) is 0 Å². The van der Waals surface area contributed by atoms with E-state index in [2.05, 4.69) is 0 Å². The van der Waals surface area contributed by atoms with Gasteiger partial charge in [-0.15, -0.1) is 0 Å². The number of rotatable bonds is 9. The van der Waals surface area contributed by atoms with Gasteiger partial charge in [-0.05, 0) is 6.42 Å². The quantitative estimate of drug-likeness (QED) is 0.221. The van der Waals surface area contributed by atoms with Crippen LogP contribution in [0.4, 0.5) is 0 Å². The van der Waals surface area contributed by atoms with Crippen molar-refractivity contribution in [2.75, 3.05) is 26.9 Å². The molecule has 2 heterocycles. The molecule has 12 nitrogen and oxygen atoms in total. The molecule has 2 rings (SSSR count). The summed E-state index contributed by atoms with van der Waals surface area (Å²) in [5, 5.41) is 59.6. The lowest BCUT2D eigenvalue weighted by molar-refractivity contribution is -0.236. The maximum atomic E-state index is 11.5. The first-order chi connectivity index (χ1) is 14.1. The fourth-order valence-corrected chi connectivity index (χ4v) is 3.93. The van der Waals surface area contributed by atoms with Crippen LogP contribution in [0.25, 0.3) is 0 Å². The fraction of sp³-hybridized carbons (Fsp3) is 0.889.